The van der Waals surface area contributed by atoms with Crippen LogP contribution in [0.5, 0.6) is 0 Å². The third-order valence-corrected chi connectivity index (χ3v) is 7.71. The quantitative estimate of drug-likeness (QED) is 0.588. The van der Waals surface area contributed by atoms with Gasteiger partial charge in [0.25, 0.3) is 0 Å². The molecule has 0 radical (unpaired) electrons. The van der Waals surface area contributed by atoms with E-state index in [1.807, 2.05) is 6.92 Å². The zero-order valence-corrected chi connectivity index (χ0v) is 16.4. The molecule has 3 rings (SSSR count). The Hall–Kier alpha value is -0.600. The molecule has 0 bridgehead atoms. The van der Waals surface area contributed by atoms with Gasteiger partial charge in [-0.05, 0) is 74.5 Å². The maximum Gasteiger partial charge on any atom is 0.309 e. The number of carbonyl (C=O) groups is 1. The van der Waals surface area contributed by atoms with Gasteiger partial charge in [-0.3, -0.25) is 4.79 Å². The number of carbonyl (C=O) groups excluding carboxylic acids is 1. The van der Waals surface area contributed by atoms with Crippen molar-refractivity contribution in [2.24, 2.45) is 35.5 Å². The number of ether oxygens (including phenoxy) is 1. The van der Waals surface area contributed by atoms with Crippen molar-refractivity contribution in [1.29, 1.82) is 0 Å². The molecule has 4 unspecified atom stereocenters. The summed E-state index contributed by atoms with van der Waals surface area (Å²) in [5.41, 5.74) is 0. The van der Waals surface area contributed by atoms with Gasteiger partial charge in [0.15, 0.2) is 0 Å². The van der Waals surface area contributed by atoms with Crippen LogP contribution in [-0.2, 0) is 9.53 Å². The Bertz CT molecular complexity index is 423. The van der Waals surface area contributed by atoms with Crippen LogP contribution in [0.2, 0.25) is 0 Å². The summed E-state index contributed by atoms with van der Waals surface area (Å²) in [6.45, 7) is 6.42. The minimum Gasteiger partial charge on any atom is -0.462 e. The van der Waals surface area contributed by atoms with Crippen LogP contribution in [0.4, 0.5) is 4.39 Å². The highest BCUT2D eigenvalue weighted by Crippen LogP contribution is 2.42. The van der Waals surface area contributed by atoms with Crippen LogP contribution in [0.3, 0.4) is 0 Å². The molecule has 3 heteroatoms. The van der Waals surface area contributed by atoms with E-state index in [2.05, 4.69) is 13.8 Å². The fourth-order valence-electron chi connectivity index (χ4n) is 5.49. The standard InChI is InChI=1S/C22H37FO2/c1-14-4-6-17(7-5-14)18-8-10-19(11-9-18)22(24)25-20-12-15(2)16(3)21(23)13-20/h14-21H,4-13H2,1-3H3. The topological polar surface area (TPSA) is 26.3 Å². The summed E-state index contributed by atoms with van der Waals surface area (Å²) in [4.78, 5) is 12.5. The van der Waals surface area contributed by atoms with E-state index in [0.29, 0.717) is 12.3 Å². The molecule has 0 spiro atoms. The van der Waals surface area contributed by atoms with Crippen molar-refractivity contribution in [3.8, 4) is 0 Å². The first-order valence-corrected chi connectivity index (χ1v) is 10.8. The average molecular weight is 353 g/mol. The average Bonchev–Trinajstić information content (AvgIpc) is 2.60. The summed E-state index contributed by atoms with van der Waals surface area (Å²) >= 11 is 0. The highest BCUT2D eigenvalue weighted by molar-refractivity contribution is 5.72. The van der Waals surface area contributed by atoms with E-state index in [1.165, 1.54) is 38.5 Å². The van der Waals surface area contributed by atoms with Crippen LogP contribution in [0.1, 0.15) is 85.0 Å². The first kappa shape index (κ1) is 19.2. The molecule has 0 aromatic heterocycles. The molecular weight excluding hydrogens is 315 g/mol. The zero-order valence-electron chi connectivity index (χ0n) is 16.4. The van der Waals surface area contributed by atoms with E-state index >= 15 is 0 Å². The predicted octanol–water partition coefficient (Wildman–Crippen LogP) is 5.94. The molecule has 0 aromatic rings. The van der Waals surface area contributed by atoms with Crippen LogP contribution in [0.25, 0.3) is 0 Å². The fourth-order valence-corrected chi connectivity index (χ4v) is 5.49. The highest BCUT2D eigenvalue weighted by Gasteiger charge is 2.37. The molecule has 0 aliphatic heterocycles. The highest BCUT2D eigenvalue weighted by atomic mass is 19.1. The molecule has 3 fully saturated rings. The molecule has 0 saturated heterocycles. The second kappa shape index (κ2) is 8.39. The summed E-state index contributed by atoms with van der Waals surface area (Å²) in [6.07, 6.45) is 10.1. The van der Waals surface area contributed by atoms with Crippen LogP contribution in [-0.4, -0.2) is 18.2 Å². The van der Waals surface area contributed by atoms with E-state index in [-0.39, 0.29) is 23.9 Å². The van der Waals surface area contributed by atoms with Crippen molar-refractivity contribution in [2.75, 3.05) is 0 Å². The minimum atomic E-state index is -0.828. The van der Waals surface area contributed by atoms with Crippen molar-refractivity contribution in [2.45, 2.75) is 97.3 Å². The molecule has 0 heterocycles. The number of esters is 1. The normalized spacial score (nSPS) is 45.8. The number of hydrogen-bond donors (Lipinski definition) is 0. The summed E-state index contributed by atoms with van der Waals surface area (Å²) in [5.74, 6) is 3.02. The van der Waals surface area contributed by atoms with Gasteiger partial charge in [-0.1, -0.05) is 33.6 Å². The van der Waals surface area contributed by atoms with Crippen LogP contribution in [0.15, 0.2) is 0 Å². The molecule has 3 saturated carbocycles. The van der Waals surface area contributed by atoms with Crippen molar-refractivity contribution >= 4 is 5.97 Å². The Morgan fingerprint density at radius 2 is 1.40 bits per heavy atom. The lowest BCUT2D eigenvalue weighted by Gasteiger charge is -2.38. The van der Waals surface area contributed by atoms with Gasteiger partial charge in [-0.15, -0.1) is 0 Å². The van der Waals surface area contributed by atoms with Crippen molar-refractivity contribution in [3.63, 3.8) is 0 Å². The smallest absolute Gasteiger partial charge is 0.309 e. The Balaban J connectivity index is 1.42. The first-order chi connectivity index (χ1) is 11.9. The molecule has 0 amide bonds. The van der Waals surface area contributed by atoms with Gasteiger partial charge >= 0.3 is 5.97 Å². The molecule has 3 aliphatic rings. The Morgan fingerprint density at radius 3 is 1.96 bits per heavy atom. The van der Waals surface area contributed by atoms with Crippen LogP contribution < -0.4 is 0 Å². The molecule has 144 valence electrons. The van der Waals surface area contributed by atoms with Crippen molar-refractivity contribution < 1.29 is 13.9 Å². The Morgan fingerprint density at radius 1 is 0.840 bits per heavy atom. The second-order valence-corrected chi connectivity index (χ2v) is 9.51. The van der Waals surface area contributed by atoms with E-state index < -0.39 is 6.17 Å². The third-order valence-electron chi connectivity index (χ3n) is 7.71. The number of halogens is 1. The van der Waals surface area contributed by atoms with Gasteiger partial charge < -0.3 is 4.74 Å². The summed E-state index contributed by atoms with van der Waals surface area (Å²) in [5, 5.41) is 0. The van der Waals surface area contributed by atoms with Crippen molar-refractivity contribution in [1.82, 2.24) is 0 Å². The molecule has 0 N–H and O–H groups in total. The lowest BCUT2D eigenvalue weighted by molar-refractivity contribution is -0.160. The first-order valence-electron chi connectivity index (χ1n) is 10.8. The lowest BCUT2D eigenvalue weighted by atomic mass is 9.69. The largest absolute Gasteiger partial charge is 0.462 e. The molecule has 0 aromatic carbocycles. The summed E-state index contributed by atoms with van der Waals surface area (Å²) in [6, 6.07) is 0. The van der Waals surface area contributed by atoms with Gasteiger partial charge in [-0.25, -0.2) is 4.39 Å². The van der Waals surface area contributed by atoms with Gasteiger partial charge in [0.2, 0.25) is 0 Å². The second-order valence-electron chi connectivity index (χ2n) is 9.51. The van der Waals surface area contributed by atoms with Crippen LogP contribution in [0, 0.1) is 35.5 Å². The summed E-state index contributed by atoms with van der Waals surface area (Å²) < 4.78 is 19.8. The minimum absolute atomic E-state index is 0.0466. The molecular formula is C22H37FO2. The Labute approximate surface area is 153 Å². The van der Waals surface area contributed by atoms with Gasteiger partial charge in [0.05, 0.1) is 5.92 Å². The summed E-state index contributed by atoms with van der Waals surface area (Å²) in [7, 11) is 0. The van der Waals surface area contributed by atoms with Gasteiger partial charge in [0.1, 0.15) is 12.3 Å². The molecule has 3 aliphatic carbocycles. The molecule has 2 nitrogen and oxygen atoms in total. The molecule has 25 heavy (non-hydrogen) atoms. The number of rotatable bonds is 3. The maximum absolute atomic E-state index is 14.1. The maximum atomic E-state index is 14.1. The van der Waals surface area contributed by atoms with Crippen molar-refractivity contribution in [3.05, 3.63) is 0 Å². The number of alkyl halides is 1. The van der Waals surface area contributed by atoms with E-state index in [4.69, 9.17) is 4.74 Å². The lowest BCUT2D eigenvalue weighted by Crippen LogP contribution is -2.38. The predicted molar refractivity (Wildman–Crippen MR) is 98.9 cm³/mol. The van der Waals surface area contributed by atoms with Gasteiger partial charge in [0, 0.05) is 6.42 Å². The Kier molecular flexibility index (Phi) is 6.44. The third kappa shape index (κ3) is 4.77. The van der Waals surface area contributed by atoms with Crippen LogP contribution >= 0.6 is 0 Å². The van der Waals surface area contributed by atoms with E-state index in [1.54, 1.807) is 0 Å². The van der Waals surface area contributed by atoms with E-state index in [0.717, 1.165) is 37.0 Å². The zero-order chi connectivity index (χ0) is 18.0. The van der Waals surface area contributed by atoms with Gasteiger partial charge in [-0.2, -0.15) is 0 Å². The molecule has 4 atom stereocenters. The SMILES string of the molecule is CC1CCC(C2CCC(C(=O)OC3CC(C)C(C)C(F)C3)CC2)CC1. The fraction of sp³-hybridized carbons (Fsp3) is 0.955. The number of hydrogen-bond acceptors (Lipinski definition) is 2. The van der Waals surface area contributed by atoms with E-state index in [9.17, 15) is 9.18 Å². The monoisotopic (exact) mass is 352 g/mol.